The molecule has 168 valence electrons. The van der Waals surface area contributed by atoms with Crippen LogP contribution in [-0.4, -0.2) is 39.2 Å². The number of nitrogens with one attached hydrogen (secondary N) is 1. The van der Waals surface area contributed by atoms with Crippen molar-refractivity contribution in [3.63, 3.8) is 0 Å². The van der Waals surface area contributed by atoms with Gasteiger partial charge < -0.3 is 10.1 Å². The van der Waals surface area contributed by atoms with Gasteiger partial charge in [0.25, 0.3) is 5.91 Å². The Kier molecular flexibility index (Phi) is 7.54. The zero-order valence-electron chi connectivity index (χ0n) is 17.8. The number of ether oxygens (including phenoxy) is 1. The molecule has 0 atom stereocenters. The topological polar surface area (TPSA) is 71.5 Å². The van der Waals surface area contributed by atoms with Gasteiger partial charge in [0.15, 0.2) is 5.13 Å². The highest BCUT2D eigenvalue weighted by Crippen LogP contribution is 2.34. The second-order valence-electron chi connectivity index (χ2n) is 7.05. The predicted octanol–water partition coefficient (Wildman–Crippen LogP) is 5.11. The van der Waals surface area contributed by atoms with Crippen LogP contribution in [0, 0.1) is 0 Å². The molecule has 9 heteroatoms. The molecular formula is C24H21N3O3S3. The van der Waals surface area contributed by atoms with Crippen LogP contribution in [0.1, 0.15) is 29.8 Å². The zero-order chi connectivity index (χ0) is 23.2. The molecule has 0 aliphatic carbocycles. The van der Waals surface area contributed by atoms with Crippen molar-refractivity contribution in [2.75, 3.05) is 18.5 Å². The van der Waals surface area contributed by atoms with Crippen molar-refractivity contribution in [2.24, 2.45) is 0 Å². The summed E-state index contributed by atoms with van der Waals surface area (Å²) in [5.41, 5.74) is 2.90. The summed E-state index contributed by atoms with van der Waals surface area (Å²) in [5.74, 6) is -0.796. The SMILES string of the molecule is CCOC(=O)CN1C(=O)/C(=C/c2csc(NC(c3ccccc3)c3ccccc3)n2)SC1=S. The smallest absolute Gasteiger partial charge is 0.326 e. The Morgan fingerprint density at radius 1 is 1.15 bits per heavy atom. The minimum atomic E-state index is -0.483. The van der Waals surface area contributed by atoms with Crippen molar-refractivity contribution < 1.29 is 14.3 Å². The number of nitrogens with zero attached hydrogens (tertiary/aromatic N) is 2. The average Bonchev–Trinajstić information content (AvgIpc) is 3.38. The maximum Gasteiger partial charge on any atom is 0.326 e. The van der Waals surface area contributed by atoms with Crippen molar-refractivity contribution in [2.45, 2.75) is 13.0 Å². The van der Waals surface area contributed by atoms with Gasteiger partial charge in [-0.1, -0.05) is 84.6 Å². The molecule has 1 aromatic heterocycles. The summed E-state index contributed by atoms with van der Waals surface area (Å²) in [6.07, 6.45) is 1.70. The molecule has 1 aliphatic rings. The monoisotopic (exact) mass is 495 g/mol. The van der Waals surface area contributed by atoms with Crippen molar-refractivity contribution >= 4 is 62.7 Å². The van der Waals surface area contributed by atoms with E-state index in [-0.39, 0.29) is 25.1 Å². The van der Waals surface area contributed by atoms with E-state index in [1.54, 1.807) is 13.0 Å². The van der Waals surface area contributed by atoms with Gasteiger partial charge in [-0.15, -0.1) is 11.3 Å². The fourth-order valence-electron chi connectivity index (χ4n) is 3.30. The van der Waals surface area contributed by atoms with Crippen molar-refractivity contribution in [3.05, 3.63) is 87.8 Å². The van der Waals surface area contributed by atoms with Crippen LogP contribution >= 0.6 is 35.3 Å². The van der Waals surface area contributed by atoms with Gasteiger partial charge in [-0.2, -0.15) is 0 Å². The first-order valence-corrected chi connectivity index (χ1v) is 12.4. The standard InChI is InChI=1S/C24H21N3O3S3/c1-2-30-20(28)14-27-22(29)19(33-24(27)31)13-18-15-32-23(25-18)26-21(16-9-5-3-6-10-16)17-11-7-4-8-12-17/h3-13,15,21H,2,14H2,1H3,(H,25,26)/b19-13-. The number of thiazole rings is 1. The predicted molar refractivity (Wildman–Crippen MR) is 137 cm³/mol. The molecule has 1 aliphatic heterocycles. The van der Waals surface area contributed by atoms with Crippen molar-refractivity contribution in [1.82, 2.24) is 9.88 Å². The second kappa shape index (κ2) is 10.7. The highest BCUT2D eigenvalue weighted by atomic mass is 32.2. The Balaban J connectivity index is 1.51. The molecule has 2 heterocycles. The summed E-state index contributed by atoms with van der Waals surface area (Å²) in [4.78, 5) is 30.8. The Labute approximate surface area is 205 Å². The van der Waals surface area contributed by atoms with Gasteiger partial charge in [0.05, 0.1) is 23.2 Å². The average molecular weight is 496 g/mol. The molecule has 2 aromatic carbocycles. The number of esters is 1. The molecule has 6 nitrogen and oxygen atoms in total. The summed E-state index contributed by atoms with van der Waals surface area (Å²) in [7, 11) is 0. The fourth-order valence-corrected chi connectivity index (χ4v) is 5.24. The lowest BCUT2D eigenvalue weighted by atomic mass is 9.99. The third-order valence-electron chi connectivity index (χ3n) is 4.80. The van der Waals surface area contributed by atoms with Crippen LogP contribution in [0.2, 0.25) is 0 Å². The van der Waals surface area contributed by atoms with E-state index in [9.17, 15) is 9.59 Å². The first kappa shape index (κ1) is 23.2. The van der Waals surface area contributed by atoms with Crippen LogP contribution in [-0.2, 0) is 14.3 Å². The first-order chi connectivity index (χ1) is 16.0. The minimum absolute atomic E-state index is 0.0609. The van der Waals surface area contributed by atoms with Crippen LogP contribution in [0.5, 0.6) is 0 Å². The summed E-state index contributed by atoms with van der Waals surface area (Å²) in [6.45, 7) is 1.79. The summed E-state index contributed by atoms with van der Waals surface area (Å²) >= 11 is 7.89. The molecule has 0 bridgehead atoms. The maximum absolute atomic E-state index is 12.7. The number of amides is 1. The first-order valence-electron chi connectivity index (χ1n) is 10.3. The van der Waals surface area contributed by atoms with E-state index in [1.807, 2.05) is 41.8 Å². The van der Waals surface area contributed by atoms with Crippen LogP contribution in [0.15, 0.2) is 70.9 Å². The summed E-state index contributed by atoms with van der Waals surface area (Å²) < 4.78 is 5.26. The van der Waals surface area contributed by atoms with E-state index < -0.39 is 5.97 Å². The van der Waals surface area contributed by atoms with Crippen LogP contribution in [0.4, 0.5) is 5.13 Å². The number of carbonyl (C=O) groups is 2. The summed E-state index contributed by atoms with van der Waals surface area (Å²) in [6, 6.07) is 20.3. The highest BCUT2D eigenvalue weighted by molar-refractivity contribution is 8.26. The van der Waals surface area contributed by atoms with E-state index in [4.69, 9.17) is 17.0 Å². The zero-order valence-corrected chi connectivity index (χ0v) is 20.2. The molecular weight excluding hydrogens is 474 g/mol. The number of hydrogen-bond acceptors (Lipinski definition) is 8. The molecule has 33 heavy (non-hydrogen) atoms. The third-order valence-corrected chi connectivity index (χ3v) is 6.97. The van der Waals surface area contributed by atoms with Gasteiger partial charge in [0, 0.05) is 5.38 Å². The van der Waals surface area contributed by atoms with Crippen molar-refractivity contribution in [3.8, 4) is 0 Å². The largest absolute Gasteiger partial charge is 0.465 e. The lowest BCUT2D eigenvalue weighted by molar-refractivity contribution is -0.145. The van der Waals surface area contributed by atoms with Gasteiger partial charge in [-0.05, 0) is 24.1 Å². The molecule has 0 radical (unpaired) electrons. The number of aromatic nitrogens is 1. The molecule has 1 fully saturated rings. The Morgan fingerprint density at radius 2 is 1.79 bits per heavy atom. The van der Waals surface area contributed by atoms with E-state index in [2.05, 4.69) is 34.6 Å². The van der Waals surface area contributed by atoms with E-state index >= 15 is 0 Å². The third kappa shape index (κ3) is 5.68. The minimum Gasteiger partial charge on any atom is -0.465 e. The van der Waals surface area contributed by atoms with Crippen LogP contribution in [0.3, 0.4) is 0 Å². The van der Waals surface area contributed by atoms with E-state index in [0.29, 0.717) is 14.9 Å². The summed E-state index contributed by atoms with van der Waals surface area (Å²) in [5, 5.41) is 6.13. The molecule has 1 amide bonds. The molecule has 0 saturated carbocycles. The number of benzene rings is 2. The Hall–Kier alpha value is -3.01. The van der Waals surface area contributed by atoms with E-state index in [1.165, 1.54) is 16.2 Å². The number of hydrogen-bond donors (Lipinski definition) is 1. The maximum atomic E-state index is 12.7. The Morgan fingerprint density at radius 3 is 2.39 bits per heavy atom. The van der Waals surface area contributed by atoms with Gasteiger partial charge in [-0.25, -0.2) is 4.98 Å². The number of carbonyl (C=O) groups excluding carboxylic acids is 2. The number of rotatable bonds is 8. The quantitative estimate of drug-likeness (QED) is 0.265. The van der Waals surface area contributed by atoms with Crippen molar-refractivity contribution in [1.29, 1.82) is 0 Å². The normalized spacial score (nSPS) is 14.8. The van der Waals surface area contributed by atoms with E-state index in [0.717, 1.165) is 28.0 Å². The molecule has 1 N–H and O–H groups in total. The van der Waals surface area contributed by atoms with Crippen LogP contribution < -0.4 is 5.32 Å². The lowest BCUT2D eigenvalue weighted by Gasteiger charge is -2.19. The Bertz CT molecular complexity index is 1140. The fraction of sp³-hybridized carbons (Fsp3) is 0.167. The number of thiocarbonyl (C=S) groups is 1. The second-order valence-corrected chi connectivity index (χ2v) is 9.58. The molecule has 4 rings (SSSR count). The van der Waals surface area contributed by atoms with Gasteiger partial charge in [0.2, 0.25) is 0 Å². The molecule has 3 aromatic rings. The number of thioether (sulfide) groups is 1. The molecule has 1 saturated heterocycles. The van der Waals surface area contributed by atoms with Gasteiger partial charge in [0.1, 0.15) is 10.9 Å². The van der Waals surface area contributed by atoms with Gasteiger partial charge in [-0.3, -0.25) is 14.5 Å². The highest BCUT2D eigenvalue weighted by Gasteiger charge is 2.34. The number of anilines is 1. The molecule has 0 spiro atoms. The van der Waals surface area contributed by atoms with Crippen LogP contribution in [0.25, 0.3) is 6.08 Å². The van der Waals surface area contributed by atoms with Gasteiger partial charge >= 0.3 is 5.97 Å². The lowest BCUT2D eigenvalue weighted by Crippen LogP contribution is -2.34. The molecule has 0 unspecified atom stereocenters.